The Hall–Kier alpha value is -1.08. The first-order valence-corrected chi connectivity index (χ1v) is 11.0. The van der Waals surface area contributed by atoms with Crippen molar-refractivity contribution in [3.8, 4) is 0 Å². The third-order valence-electron chi connectivity index (χ3n) is 5.71. The Morgan fingerprint density at radius 2 is 1.80 bits per heavy atom. The number of aryl methyl sites for hydroxylation is 1. The number of hydrogen-bond donors (Lipinski definition) is 2. The Morgan fingerprint density at radius 1 is 1.13 bits per heavy atom. The van der Waals surface area contributed by atoms with Gasteiger partial charge in [-0.2, -0.15) is 0 Å². The van der Waals surface area contributed by atoms with Crippen LogP contribution in [-0.4, -0.2) is 34.2 Å². The molecule has 2 N–H and O–H groups in total. The number of thiazole rings is 1. The molecule has 0 aliphatic carbocycles. The van der Waals surface area contributed by atoms with Crippen LogP contribution in [-0.2, 0) is 6.54 Å². The molecule has 1 unspecified atom stereocenters. The maximum atomic E-state index is 10.5. The number of aliphatic hydroxyl groups is 1. The predicted molar refractivity (Wildman–Crippen MR) is 130 cm³/mol. The Kier molecular flexibility index (Phi) is 9.22. The van der Waals surface area contributed by atoms with Crippen molar-refractivity contribution >= 4 is 58.0 Å². The van der Waals surface area contributed by atoms with Gasteiger partial charge in [0.1, 0.15) is 0 Å². The molecule has 30 heavy (non-hydrogen) atoms. The monoisotopic (exact) mass is 487 g/mol. The lowest BCUT2D eigenvalue weighted by Crippen LogP contribution is -2.38. The van der Waals surface area contributed by atoms with E-state index in [9.17, 15) is 5.11 Å². The van der Waals surface area contributed by atoms with Gasteiger partial charge in [0.25, 0.3) is 0 Å². The van der Waals surface area contributed by atoms with E-state index in [0.717, 1.165) is 53.3 Å². The van der Waals surface area contributed by atoms with E-state index < -0.39 is 6.10 Å². The summed E-state index contributed by atoms with van der Waals surface area (Å²) in [5, 5.41) is 19.6. The molecule has 8 heteroatoms. The first kappa shape index (κ1) is 25.2. The lowest BCUT2D eigenvalue weighted by molar-refractivity contribution is 0.0867. The first-order chi connectivity index (χ1) is 13.5. The number of β-amino-alcohol motifs (C(OH)–C–C–N with tert-alkyl or cyclic N) is 1. The van der Waals surface area contributed by atoms with Crippen molar-refractivity contribution < 1.29 is 5.11 Å². The highest BCUT2D eigenvalue weighted by atomic mass is 35.5. The normalized spacial score (nSPS) is 16.1. The number of benzene rings is 2. The van der Waals surface area contributed by atoms with Crippen molar-refractivity contribution in [2.45, 2.75) is 32.4 Å². The van der Waals surface area contributed by atoms with Crippen LogP contribution in [0.5, 0.6) is 0 Å². The van der Waals surface area contributed by atoms with Crippen LogP contribution in [0.25, 0.3) is 10.2 Å². The maximum absolute atomic E-state index is 10.5. The first-order valence-electron chi connectivity index (χ1n) is 9.80. The summed E-state index contributed by atoms with van der Waals surface area (Å²) in [5.74, 6) is 0.565. The molecule has 0 saturated carbocycles. The van der Waals surface area contributed by atoms with Crippen molar-refractivity contribution in [1.29, 1.82) is 5.41 Å². The summed E-state index contributed by atoms with van der Waals surface area (Å²) in [5.41, 5.74) is 3.31. The number of fused-ring (bicyclic) bond motifs is 1. The molecule has 4 rings (SSSR count). The van der Waals surface area contributed by atoms with Crippen LogP contribution in [0.15, 0.2) is 42.5 Å². The Balaban J connectivity index is 0.00000160. The second-order valence-electron chi connectivity index (χ2n) is 7.80. The van der Waals surface area contributed by atoms with Crippen molar-refractivity contribution in [3.63, 3.8) is 0 Å². The molecule has 1 aliphatic heterocycles. The molecule has 1 atom stereocenters. The van der Waals surface area contributed by atoms with Gasteiger partial charge in [-0.05, 0) is 62.5 Å². The molecule has 1 aromatic heterocycles. The quantitative estimate of drug-likeness (QED) is 0.503. The average Bonchev–Trinajstić information content (AvgIpc) is 2.98. The fourth-order valence-electron chi connectivity index (χ4n) is 3.99. The Bertz CT molecular complexity index is 1010. The number of aliphatic hydroxyl groups excluding tert-OH is 1. The van der Waals surface area contributed by atoms with Gasteiger partial charge in [-0.1, -0.05) is 52.8 Å². The summed E-state index contributed by atoms with van der Waals surface area (Å²) in [7, 11) is 0. The standard InChI is InChI=1S/C22H26ClN3OS.2ClH/c1-15-2-4-17(5-3-15)20(27)14-25-10-8-16(9-11-25)13-26-19-7-6-18(23)12-21(19)28-22(26)24;;/h2-7,12,16,20,24,27H,8-11,13-14H2,1H3;2*1H. The lowest BCUT2D eigenvalue weighted by atomic mass is 9.96. The third kappa shape index (κ3) is 5.78. The van der Waals surface area contributed by atoms with Gasteiger partial charge in [0, 0.05) is 18.1 Å². The van der Waals surface area contributed by atoms with Crippen LogP contribution < -0.4 is 4.80 Å². The van der Waals surface area contributed by atoms with Crippen molar-refractivity contribution in [3.05, 3.63) is 63.4 Å². The van der Waals surface area contributed by atoms with Gasteiger partial charge in [0.2, 0.25) is 0 Å². The maximum Gasteiger partial charge on any atom is 0.182 e. The minimum atomic E-state index is -0.433. The second kappa shape index (κ2) is 11.0. The molecular weight excluding hydrogens is 461 g/mol. The van der Waals surface area contributed by atoms with Gasteiger partial charge in [0.15, 0.2) is 4.80 Å². The van der Waals surface area contributed by atoms with Crippen LogP contribution in [0.1, 0.15) is 30.1 Å². The van der Waals surface area contributed by atoms with Crippen LogP contribution in [0.3, 0.4) is 0 Å². The van der Waals surface area contributed by atoms with Gasteiger partial charge >= 0.3 is 0 Å². The molecule has 164 valence electrons. The van der Waals surface area contributed by atoms with E-state index >= 15 is 0 Å². The SMILES string of the molecule is Cc1ccc(C(O)CN2CCC(Cn3c(=N)sc4cc(Cl)ccc43)CC2)cc1.Cl.Cl. The molecule has 2 aromatic carbocycles. The molecule has 4 nitrogen and oxygen atoms in total. The summed E-state index contributed by atoms with van der Waals surface area (Å²) in [6.45, 7) is 5.62. The highest BCUT2D eigenvalue weighted by Gasteiger charge is 2.22. The molecule has 1 saturated heterocycles. The van der Waals surface area contributed by atoms with Crippen LogP contribution in [0.4, 0.5) is 0 Å². The molecule has 0 bridgehead atoms. The van der Waals surface area contributed by atoms with E-state index in [1.807, 2.05) is 30.3 Å². The van der Waals surface area contributed by atoms with E-state index in [1.165, 1.54) is 16.9 Å². The van der Waals surface area contributed by atoms with Gasteiger partial charge in [-0.15, -0.1) is 24.8 Å². The molecule has 0 radical (unpaired) electrons. The summed E-state index contributed by atoms with van der Waals surface area (Å²) < 4.78 is 3.20. The van der Waals surface area contributed by atoms with Gasteiger partial charge < -0.3 is 14.6 Å². The topological polar surface area (TPSA) is 52.2 Å². The molecule has 0 amide bonds. The molecule has 0 spiro atoms. The van der Waals surface area contributed by atoms with E-state index in [2.05, 4.69) is 28.5 Å². The largest absolute Gasteiger partial charge is 0.387 e. The predicted octanol–water partition coefficient (Wildman–Crippen LogP) is 5.43. The Morgan fingerprint density at radius 3 is 2.47 bits per heavy atom. The van der Waals surface area contributed by atoms with Crippen LogP contribution in [0.2, 0.25) is 5.02 Å². The van der Waals surface area contributed by atoms with Gasteiger partial charge in [-0.3, -0.25) is 5.41 Å². The number of halogens is 3. The van der Waals surface area contributed by atoms with Crippen molar-refractivity contribution in [2.24, 2.45) is 5.92 Å². The average molecular weight is 489 g/mol. The summed E-state index contributed by atoms with van der Waals surface area (Å²) >= 11 is 7.58. The van der Waals surface area contributed by atoms with E-state index in [0.29, 0.717) is 17.3 Å². The number of rotatable bonds is 5. The third-order valence-corrected chi connectivity index (χ3v) is 6.90. The zero-order valence-electron chi connectivity index (χ0n) is 16.9. The second-order valence-corrected chi connectivity index (χ2v) is 9.27. The van der Waals surface area contributed by atoms with E-state index in [1.54, 1.807) is 0 Å². The lowest BCUT2D eigenvalue weighted by Gasteiger charge is -2.33. The summed E-state index contributed by atoms with van der Waals surface area (Å²) in [6.07, 6.45) is 1.76. The highest BCUT2D eigenvalue weighted by molar-refractivity contribution is 7.16. The Labute approximate surface area is 198 Å². The van der Waals surface area contributed by atoms with Gasteiger partial charge in [0.05, 0.1) is 16.3 Å². The number of hydrogen-bond acceptors (Lipinski definition) is 4. The summed E-state index contributed by atoms with van der Waals surface area (Å²) in [4.78, 5) is 2.95. The number of nitrogens with one attached hydrogen (secondary N) is 1. The zero-order valence-corrected chi connectivity index (χ0v) is 20.1. The van der Waals surface area contributed by atoms with Crippen LogP contribution >= 0.6 is 47.8 Å². The van der Waals surface area contributed by atoms with Gasteiger partial charge in [-0.25, -0.2) is 0 Å². The number of nitrogens with zero attached hydrogens (tertiary/aromatic N) is 2. The van der Waals surface area contributed by atoms with Crippen molar-refractivity contribution in [2.75, 3.05) is 19.6 Å². The highest BCUT2D eigenvalue weighted by Crippen LogP contribution is 2.26. The van der Waals surface area contributed by atoms with Crippen molar-refractivity contribution in [1.82, 2.24) is 9.47 Å². The van der Waals surface area contributed by atoms with E-state index in [4.69, 9.17) is 17.0 Å². The fourth-order valence-corrected chi connectivity index (χ4v) is 5.19. The smallest absolute Gasteiger partial charge is 0.182 e. The fraction of sp³-hybridized carbons (Fsp3) is 0.409. The molecule has 1 aliphatic rings. The molecule has 2 heterocycles. The minimum Gasteiger partial charge on any atom is -0.387 e. The summed E-state index contributed by atoms with van der Waals surface area (Å²) in [6, 6.07) is 14.0. The van der Waals surface area contributed by atoms with E-state index in [-0.39, 0.29) is 24.8 Å². The number of piperidine rings is 1. The molecule has 3 aromatic rings. The zero-order chi connectivity index (χ0) is 19.7. The van der Waals surface area contributed by atoms with Crippen LogP contribution in [0, 0.1) is 18.3 Å². The molecular formula is C22H28Cl3N3OS. The number of likely N-dealkylation sites (tertiary alicyclic amines) is 1. The number of aromatic nitrogens is 1. The molecule has 1 fully saturated rings. The minimum absolute atomic E-state index is 0.